The second-order valence-corrected chi connectivity index (χ2v) is 8.19. The Morgan fingerprint density at radius 2 is 1.50 bits per heavy atom. The van der Waals surface area contributed by atoms with E-state index < -0.39 is 5.97 Å². The maximum absolute atomic E-state index is 11.0. The molecule has 0 spiro atoms. The van der Waals surface area contributed by atoms with Crippen molar-refractivity contribution in [2.24, 2.45) is 0 Å². The predicted molar refractivity (Wildman–Crippen MR) is 113 cm³/mol. The Hall–Kier alpha value is -2.33. The smallest absolute Gasteiger partial charge is 0.335 e. The number of anilines is 1. The molecule has 4 heteroatoms. The van der Waals surface area contributed by atoms with Crippen molar-refractivity contribution < 1.29 is 9.90 Å². The molecule has 148 valence electrons. The molecular formula is C24H30N2O2. The van der Waals surface area contributed by atoms with Gasteiger partial charge >= 0.3 is 5.97 Å². The van der Waals surface area contributed by atoms with Crippen molar-refractivity contribution >= 4 is 11.7 Å². The zero-order valence-electron chi connectivity index (χ0n) is 16.5. The second-order valence-electron chi connectivity index (χ2n) is 8.19. The molecule has 2 fully saturated rings. The van der Waals surface area contributed by atoms with Gasteiger partial charge in [0.2, 0.25) is 0 Å². The Kier molecular flexibility index (Phi) is 5.96. The van der Waals surface area contributed by atoms with Crippen LogP contribution in [0.2, 0.25) is 0 Å². The average molecular weight is 379 g/mol. The van der Waals surface area contributed by atoms with Gasteiger partial charge in [-0.3, -0.25) is 4.90 Å². The summed E-state index contributed by atoms with van der Waals surface area (Å²) in [4.78, 5) is 15.9. The van der Waals surface area contributed by atoms with Gasteiger partial charge in [0, 0.05) is 38.4 Å². The van der Waals surface area contributed by atoms with E-state index in [2.05, 4.69) is 34.1 Å². The number of carbonyl (C=O) groups is 1. The third kappa shape index (κ3) is 4.56. The standard InChI is InChI=1S/C24H30N2O2/c27-24(28)22-8-6-19(7-9-22)18-25-14-16-26(17-15-25)23-12-10-21(11-13-23)20-4-2-1-3-5-20/h6-13,20H,1-5,14-18H2,(H,27,28). The number of piperazine rings is 1. The highest BCUT2D eigenvalue weighted by Crippen LogP contribution is 2.33. The van der Waals surface area contributed by atoms with Crippen molar-refractivity contribution in [2.75, 3.05) is 31.1 Å². The highest BCUT2D eigenvalue weighted by molar-refractivity contribution is 5.87. The van der Waals surface area contributed by atoms with Gasteiger partial charge in [0.05, 0.1) is 5.56 Å². The minimum Gasteiger partial charge on any atom is -0.478 e. The summed E-state index contributed by atoms with van der Waals surface area (Å²) in [5, 5.41) is 9.01. The summed E-state index contributed by atoms with van der Waals surface area (Å²) < 4.78 is 0. The topological polar surface area (TPSA) is 43.8 Å². The van der Waals surface area contributed by atoms with Gasteiger partial charge in [0.15, 0.2) is 0 Å². The summed E-state index contributed by atoms with van der Waals surface area (Å²) in [7, 11) is 0. The molecule has 0 aromatic heterocycles. The van der Waals surface area contributed by atoms with Gasteiger partial charge in [0.1, 0.15) is 0 Å². The molecule has 0 atom stereocenters. The molecule has 2 aliphatic rings. The highest BCUT2D eigenvalue weighted by Gasteiger charge is 2.19. The first-order valence-corrected chi connectivity index (χ1v) is 10.6. The van der Waals surface area contributed by atoms with E-state index in [1.807, 2.05) is 12.1 Å². The lowest BCUT2D eigenvalue weighted by Crippen LogP contribution is -2.45. The van der Waals surface area contributed by atoms with Crippen LogP contribution in [0.5, 0.6) is 0 Å². The molecular weight excluding hydrogens is 348 g/mol. The third-order valence-electron chi connectivity index (χ3n) is 6.31. The number of hydrogen-bond acceptors (Lipinski definition) is 3. The lowest BCUT2D eigenvalue weighted by molar-refractivity contribution is 0.0697. The van der Waals surface area contributed by atoms with Crippen molar-refractivity contribution in [1.82, 2.24) is 4.90 Å². The first-order valence-electron chi connectivity index (χ1n) is 10.6. The van der Waals surface area contributed by atoms with Gasteiger partial charge < -0.3 is 10.0 Å². The number of carboxylic acids is 1. The average Bonchev–Trinajstić information content (AvgIpc) is 2.75. The maximum Gasteiger partial charge on any atom is 0.335 e. The summed E-state index contributed by atoms with van der Waals surface area (Å²) in [6.45, 7) is 5.02. The number of hydrogen-bond donors (Lipinski definition) is 1. The van der Waals surface area contributed by atoms with Gasteiger partial charge in [-0.25, -0.2) is 4.79 Å². The van der Waals surface area contributed by atoms with Crippen molar-refractivity contribution in [3.63, 3.8) is 0 Å². The number of rotatable bonds is 5. The maximum atomic E-state index is 11.0. The lowest BCUT2D eigenvalue weighted by atomic mass is 9.84. The first kappa shape index (κ1) is 19.0. The van der Waals surface area contributed by atoms with Crippen LogP contribution in [0.15, 0.2) is 48.5 Å². The SMILES string of the molecule is O=C(O)c1ccc(CN2CCN(c3ccc(C4CCCCC4)cc3)CC2)cc1. The van der Waals surface area contributed by atoms with Gasteiger partial charge in [-0.2, -0.15) is 0 Å². The molecule has 1 N–H and O–H groups in total. The van der Waals surface area contributed by atoms with E-state index in [1.165, 1.54) is 48.9 Å². The van der Waals surface area contributed by atoms with Crippen LogP contribution in [-0.4, -0.2) is 42.2 Å². The summed E-state index contributed by atoms with van der Waals surface area (Å²) >= 11 is 0. The van der Waals surface area contributed by atoms with Crippen LogP contribution in [0.1, 0.15) is 59.5 Å². The van der Waals surface area contributed by atoms with Crippen molar-refractivity contribution in [1.29, 1.82) is 0 Å². The molecule has 1 saturated carbocycles. The molecule has 0 radical (unpaired) electrons. The lowest BCUT2D eigenvalue weighted by Gasteiger charge is -2.36. The molecule has 4 nitrogen and oxygen atoms in total. The van der Waals surface area contributed by atoms with Gasteiger partial charge in [-0.05, 0) is 54.2 Å². The number of benzene rings is 2. The number of carboxylic acid groups (broad SMARTS) is 1. The van der Waals surface area contributed by atoms with Crippen LogP contribution in [0.4, 0.5) is 5.69 Å². The number of aromatic carboxylic acids is 1. The van der Waals surface area contributed by atoms with E-state index in [1.54, 1.807) is 12.1 Å². The van der Waals surface area contributed by atoms with E-state index >= 15 is 0 Å². The normalized spacial score (nSPS) is 18.9. The van der Waals surface area contributed by atoms with Gasteiger partial charge in [0.25, 0.3) is 0 Å². The Morgan fingerprint density at radius 1 is 0.857 bits per heavy atom. The quantitative estimate of drug-likeness (QED) is 0.815. The van der Waals surface area contributed by atoms with Crippen LogP contribution in [-0.2, 0) is 6.54 Å². The molecule has 1 heterocycles. The summed E-state index contributed by atoms with van der Waals surface area (Å²) in [6, 6.07) is 16.6. The van der Waals surface area contributed by atoms with Gasteiger partial charge in [-0.1, -0.05) is 43.5 Å². The van der Waals surface area contributed by atoms with E-state index in [4.69, 9.17) is 5.11 Å². The van der Waals surface area contributed by atoms with Crippen LogP contribution in [0.25, 0.3) is 0 Å². The molecule has 2 aromatic carbocycles. The fraction of sp³-hybridized carbons (Fsp3) is 0.458. The zero-order chi connectivity index (χ0) is 19.3. The van der Waals surface area contributed by atoms with Crippen LogP contribution in [0.3, 0.4) is 0 Å². The van der Waals surface area contributed by atoms with E-state index in [-0.39, 0.29) is 0 Å². The molecule has 1 aliphatic heterocycles. The van der Waals surface area contributed by atoms with Crippen LogP contribution in [0, 0.1) is 0 Å². The van der Waals surface area contributed by atoms with Crippen molar-refractivity contribution in [3.8, 4) is 0 Å². The van der Waals surface area contributed by atoms with Crippen molar-refractivity contribution in [3.05, 3.63) is 65.2 Å². The van der Waals surface area contributed by atoms with E-state index in [9.17, 15) is 4.79 Å². The number of nitrogens with zero attached hydrogens (tertiary/aromatic N) is 2. The predicted octanol–water partition coefficient (Wildman–Crippen LogP) is 4.75. The molecule has 0 amide bonds. The highest BCUT2D eigenvalue weighted by atomic mass is 16.4. The first-order chi connectivity index (χ1) is 13.7. The molecule has 1 aliphatic carbocycles. The van der Waals surface area contributed by atoms with E-state index in [0.717, 1.165) is 38.6 Å². The molecule has 2 aromatic rings. The molecule has 4 rings (SSSR count). The molecule has 0 bridgehead atoms. The minimum absolute atomic E-state index is 0.352. The molecule has 28 heavy (non-hydrogen) atoms. The van der Waals surface area contributed by atoms with Crippen molar-refractivity contribution in [2.45, 2.75) is 44.6 Å². The molecule has 1 saturated heterocycles. The van der Waals surface area contributed by atoms with Crippen LogP contribution >= 0.6 is 0 Å². The third-order valence-corrected chi connectivity index (χ3v) is 6.31. The fourth-order valence-corrected chi connectivity index (χ4v) is 4.57. The monoisotopic (exact) mass is 378 g/mol. The second kappa shape index (κ2) is 8.78. The Bertz CT molecular complexity index is 771. The molecule has 0 unspecified atom stereocenters. The minimum atomic E-state index is -0.866. The summed E-state index contributed by atoms with van der Waals surface area (Å²) in [5.74, 6) is -0.0955. The fourth-order valence-electron chi connectivity index (χ4n) is 4.57. The van der Waals surface area contributed by atoms with Crippen LogP contribution < -0.4 is 4.90 Å². The Morgan fingerprint density at radius 3 is 2.11 bits per heavy atom. The largest absolute Gasteiger partial charge is 0.478 e. The zero-order valence-corrected chi connectivity index (χ0v) is 16.5. The van der Waals surface area contributed by atoms with Gasteiger partial charge in [-0.15, -0.1) is 0 Å². The Balaban J connectivity index is 1.29. The summed E-state index contributed by atoms with van der Waals surface area (Å²) in [5.41, 5.74) is 4.39. The van der Waals surface area contributed by atoms with E-state index in [0.29, 0.717) is 5.56 Å². The Labute approximate surface area is 167 Å². The summed E-state index contributed by atoms with van der Waals surface area (Å²) in [6.07, 6.45) is 6.88.